The van der Waals surface area contributed by atoms with Crippen molar-refractivity contribution in [2.45, 2.75) is 97.4 Å². The van der Waals surface area contributed by atoms with Gasteiger partial charge < -0.3 is 14.8 Å². The molecule has 0 unspecified atom stereocenters. The van der Waals surface area contributed by atoms with Gasteiger partial charge in [0.25, 0.3) is 5.91 Å². The zero-order chi connectivity index (χ0) is 29.4. The quantitative estimate of drug-likeness (QED) is 0.387. The number of pyridine rings is 1. The number of rotatable bonds is 6. The third-order valence-corrected chi connectivity index (χ3v) is 7.49. The number of nitrogens with one attached hydrogen (secondary N) is 1. The standard InChI is InChI=1S/C29H37FN4O5S/c1-8-17-14-20(40-33-17)24-22-18(15-34(26(22)36)27(37)39-29(5,6)7)23(30)25(32-24)31-19-12-10-9-11-16(19)13-21(35)38-28(2,3)4/h8,14,16,19H,1,9-13,15H2,2-7H3,(H,31,32)/t16-,19-/m1/s1. The van der Waals surface area contributed by atoms with Crippen molar-refractivity contribution in [1.82, 2.24) is 14.3 Å². The molecular formula is C29H37FN4O5S. The van der Waals surface area contributed by atoms with E-state index in [9.17, 15) is 14.4 Å². The predicted molar refractivity (Wildman–Crippen MR) is 151 cm³/mol. The second-order valence-electron chi connectivity index (χ2n) is 12.3. The zero-order valence-electron chi connectivity index (χ0n) is 23.9. The van der Waals surface area contributed by atoms with E-state index in [4.69, 9.17) is 9.47 Å². The molecule has 1 N–H and O–H groups in total. The van der Waals surface area contributed by atoms with Crippen molar-refractivity contribution < 1.29 is 28.2 Å². The first-order valence-electron chi connectivity index (χ1n) is 13.5. The molecule has 1 aliphatic carbocycles. The van der Waals surface area contributed by atoms with Crippen LogP contribution in [0.3, 0.4) is 0 Å². The van der Waals surface area contributed by atoms with Crippen molar-refractivity contribution in [2.75, 3.05) is 5.32 Å². The fraction of sp³-hybridized carbons (Fsp3) is 0.552. The maximum absolute atomic E-state index is 16.1. The minimum absolute atomic E-state index is 0.0159. The van der Waals surface area contributed by atoms with Crippen molar-refractivity contribution in [3.63, 3.8) is 0 Å². The van der Waals surface area contributed by atoms with Gasteiger partial charge in [-0.1, -0.05) is 19.4 Å². The number of carbonyl (C=O) groups is 3. The highest BCUT2D eigenvalue weighted by molar-refractivity contribution is 7.09. The molecule has 2 amide bonds. The van der Waals surface area contributed by atoms with Gasteiger partial charge in [-0.2, -0.15) is 4.37 Å². The van der Waals surface area contributed by atoms with Crippen LogP contribution in [0.25, 0.3) is 16.6 Å². The molecule has 9 nitrogen and oxygen atoms in total. The van der Waals surface area contributed by atoms with Crippen molar-refractivity contribution in [2.24, 2.45) is 5.92 Å². The Labute approximate surface area is 238 Å². The van der Waals surface area contributed by atoms with E-state index in [0.29, 0.717) is 10.6 Å². The number of hydrogen-bond donors (Lipinski definition) is 1. The molecule has 1 saturated carbocycles. The van der Waals surface area contributed by atoms with Gasteiger partial charge in [-0.25, -0.2) is 19.1 Å². The Balaban J connectivity index is 1.70. The fourth-order valence-corrected chi connectivity index (χ4v) is 5.74. The van der Waals surface area contributed by atoms with Gasteiger partial charge in [0, 0.05) is 11.6 Å². The first-order chi connectivity index (χ1) is 18.7. The maximum Gasteiger partial charge on any atom is 0.417 e. The molecule has 3 heterocycles. The van der Waals surface area contributed by atoms with Crippen LogP contribution in [-0.2, 0) is 20.8 Å². The van der Waals surface area contributed by atoms with E-state index in [1.54, 1.807) is 32.9 Å². The molecular weight excluding hydrogens is 535 g/mol. The van der Waals surface area contributed by atoms with Crippen LogP contribution in [0, 0.1) is 11.7 Å². The predicted octanol–water partition coefficient (Wildman–Crippen LogP) is 6.58. The summed E-state index contributed by atoms with van der Waals surface area (Å²) in [6, 6.07) is 1.50. The Morgan fingerprint density at radius 1 is 1.18 bits per heavy atom. The maximum atomic E-state index is 16.1. The Morgan fingerprint density at radius 3 is 2.48 bits per heavy atom. The summed E-state index contributed by atoms with van der Waals surface area (Å²) < 4.78 is 31.3. The minimum Gasteiger partial charge on any atom is -0.460 e. The number of hydrogen-bond acceptors (Lipinski definition) is 9. The normalized spacial score (nSPS) is 19.3. The smallest absolute Gasteiger partial charge is 0.417 e. The lowest BCUT2D eigenvalue weighted by atomic mass is 9.82. The molecule has 216 valence electrons. The van der Waals surface area contributed by atoms with E-state index in [1.807, 2.05) is 20.8 Å². The van der Waals surface area contributed by atoms with Gasteiger partial charge in [-0.05, 0) is 84.0 Å². The first-order valence-corrected chi connectivity index (χ1v) is 14.3. The number of halogens is 1. The van der Waals surface area contributed by atoms with Crippen LogP contribution < -0.4 is 5.32 Å². The van der Waals surface area contributed by atoms with E-state index in [2.05, 4.69) is 21.3 Å². The Morgan fingerprint density at radius 2 is 1.85 bits per heavy atom. The minimum atomic E-state index is -0.852. The number of imide groups is 1. The number of carbonyl (C=O) groups excluding carboxylic acids is 3. The van der Waals surface area contributed by atoms with Crippen LogP contribution >= 0.6 is 11.5 Å². The van der Waals surface area contributed by atoms with Crippen LogP contribution in [0.1, 0.15) is 95.3 Å². The number of esters is 1. The molecule has 40 heavy (non-hydrogen) atoms. The van der Waals surface area contributed by atoms with Crippen LogP contribution in [0.2, 0.25) is 0 Å². The molecule has 2 aromatic heterocycles. The van der Waals surface area contributed by atoms with E-state index in [1.165, 1.54) is 0 Å². The van der Waals surface area contributed by atoms with Gasteiger partial charge in [0.1, 0.15) is 11.2 Å². The molecule has 4 rings (SSSR count). The summed E-state index contributed by atoms with van der Waals surface area (Å²) >= 11 is 1.11. The number of ether oxygens (including phenoxy) is 2. The van der Waals surface area contributed by atoms with Crippen molar-refractivity contribution in [3.8, 4) is 10.6 Å². The molecule has 2 aliphatic rings. The average molecular weight is 573 g/mol. The van der Waals surface area contributed by atoms with Crippen LogP contribution in [0.5, 0.6) is 0 Å². The SMILES string of the molecule is C=Cc1cc(-c2nc(N[C@@H]3CCCC[C@@H]3CC(=O)OC(C)(C)C)c(F)c3c2C(=O)N(C(=O)OC(C)(C)C)C3)sn1. The molecule has 11 heteroatoms. The lowest BCUT2D eigenvalue weighted by Crippen LogP contribution is -2.37. The molecule has 0 radical (unpaired) electrons. The lowest BCUT2D eigenvalue weighted by molar-refractivity contribution is -0.156. The number of amides is 2. The van der Waals surface area contributed by atoms with E-state index < -0.39 is 29.0 Å². The number of fused-ring (bicyclic) bond motifs is 1. The molecule has 0 bridgehead atoms. The van der Waals surface area contributed by atoms with Gasteiger partial charge in [0.15, 0.2) is 11.6 Å². The second-order valence-corrected chi connectivity index (χ2v) is 13.1. The second kappa shape index (κ2) is 11.3. The third-order valence-electron chi connectivity index (χ3n) is 6.68. The fourth-order valence-electron chi connectivity index (χ4n) is 5.01. The molecule has 2 atom stereocenters. The molecule has 0 spiro atoms. The van der Waals surface area contributed by atoms with Gasteiger partial charge in [-0.15, -0.1) is 0 Å². The zero-order valence-corrected chi connectivity index (χ0v) is 24.7. The van der Waals surface area contributed by atoms with Crippen LogP contribution in [-0.4, -0.2) is 49.5 Å². The van der Waals surface area contributed by atoms with E-state index >= 15 is 4.39 Å². The van der Waals surface area contributed by atoms with Gasteiger partial charge >= 0.3 is 12.1 Å². The topological polar surface area (TPSA) is 111 Å². The third kappa shape index (κ3) is 6.68. The summed E-state index contributed by atoms with van der Waals surface area (Å²) in [7, 11) is 0. The first kappa shape index (κ1) is 29.6. The molecule has 1 fully saturated rings. The average Bonchev–Trinajstić information content (AvgIpc) is 3.45. The molecule has 2 aromatic rings. The van der Waals surface area contributed by atoms with Gasteiger partial charge in [0.05, 0.1) is 34.8 Å². The molecule has 0 saturated heterocycles. The highest BCUT2D eigenvalue weighted by Crippen LogP contribution is 2.39. The Kier molecular flexibility index (Phi) is 8.35. The lowest BCUT2D eigenvalue weighted by Gasteiger charge is -2.33. The van der Waals surface area contributed by atoms with Crippen molar-refractivity contribution >= 4 is 41.4 Å². The van der Waals surface area contributed by atoms with Crippen molar-refractivity contribution in [1.29, 1.82) is 0 Å². The Bertz CT molecular complexity index is 1330. The summed E-state index contributed by atoms with van der Waals surface area (Å²) in [5.74, 6) is -1.77. The highest BCUT2D eigenvalue weighted by Gasteiger charge is 2.41. The highest BCUT2D eigenvalue weighted by atomic mass is 32.1. The summed E-state index contributed by atoms with van der Waals surface area (Å²) in [5, 5.41) is 3.25. The van der Waals surface area contributed by atoms with E-state index in [-0.39, 0.29) is 53.5 Å². The summed E-state index contributed by atoms with van der Waals surface area (Å²) in [6.45, 7) is 14.0. The summed E-state index contributed by atoms with van der Waals surface area (Å²) in [4.78, 5) is 44.9. The Hall–Kier alpha value is -3.34. The number of anilines is 1. The van der Waals surface area contributed by atoms with Gasteiger partial charge in [0.2, 0.25) is 0 Å². The largest absolute Gasteiger partial charge is 0.460 e. The van der Waals surface area contributed by atoms with Crippen molar-refractivity contribution in [3.05, 3.63) is 35.3 Å². The molecule has 1 aliphatic heterocycles. The molecule has 0 aromatic carbocycles. The number of nitrogens with zero attached hydrogens (tertiary/aromatic N) is 3. The summed E-state index contributed by atoms with van der Waals surface area (Å²) in [6.07, 6.45) is 4.32. The van der Waals surface area contributed by atoms with Crippen LogP contribution in [0.15, 0.2) is 12.6 Å². The van der Waals surface area contributed by atoms with Gasteiger partial charge in [-0.3, -0.25) is 9.59 Å². The van der Waals surface area contributed by atoms with Crippen LogP contribution in [0.4, 0.5) is 15.0 Å². The number of aromatic nitrogens is 2. The monoisotopic (exact) mass is 572 g/mol. The van der Waals surface area contributed by atoms with E-state index in [0.717, 1.165) is 42.1 Å². The summed E-state index contributed by atoms with van der Waals surface area (Å²) in [5.41, 5.74) is -0.519.